The van der Waals surface area contributed by atoms with Gasteiger partial charge in [0.25, 0.3) is 0 Å². The Balaban J connectivity index is 2.32. The van der Waals surface area contributed by atoms with E-state index < -0.39 is 17.8 Å². The van der Waals surface area contributed by atoms with E-state index in [-0.39, 0.29) is 17.9 Å². The van der Waals surface area contributed by atoms with Gasteiger partial charge in [-0.15, -0.1) is 0 Å². The molecule has 2 rings (SSSR count). The van der Waals surface area contributed by atoms with Crippen molar-refractivity contribution < 1.29 is 27.4 Å². The molecule has 7 heteroatoms. The zero-order valence-corrected chi connectivity index (χ0v) is 14.7. The predicted molar refractivity (Wildman–Crippen MR) is 92.4 cm³/mol. The minimum Gasteiger partial charge on any atom is -0.489 e. The fraction of sp³-hybridized carbons (Fsp3) is 0.316. The van der Waals surface area contributed by atoms with E-state index in [2.05, 4.69) is 10.1 Å². The van der Waals surface area contributed by atoms with E-state index in [0.29, 0.717) is 5.75 Å². The van der Waals surface area contributed by atoms with Crippen molar-refractivity contribution in [2.75, 3.05) is 12.4 Å². The van der Waals surface area contributed by atoms with E-state index in [1.165, 1.54) is 12.1 Å². The number of nitrogens with one attached hydrogen (secondary N) is 1. The summed E-state index contributed by atoms with van der Waals surface area (Å²) in [7, 11) is 1.08. The smallest absolute Gasteiger partial charge is 0.418 e. The van der Waals surface area contributed by atoms with Gasteiger partial charge in [0.05, 0.1) is 18.4 Å². The first-order valence-electron chi connectivity index (χ1n) is 8.02. The largest absolute Gasteiger partial charge is 0.489 e. The quantitative estimate of drug-likeness (QED) is 0.777. The number of para-hydroxylation sites is 1. The Labute approximate surface area is 149 Å². The first kappa shape index (κ1) is 19.6. The molecule has 1 amide bonds. The van der Waals surface area contributed by atoms with Crippen LogP contribution in [0.1, 0.15) is 29.2 Å². The Hall–Kier alpha value is -2.70. The van der Waals surface area contributed by atoms with Gasteiger partial charge in [-0.2, -0.15) is 13.2 Å². The van der Waals surface area contributed by atoms with Gasteiger partial charge in [0, 0.05) is 5.56 Å². The van der Waals surface area contributed by atoms with Gasteiger partial charge in [-0.3, -0.25) is 5.32 Å². The summed E-state index contributed by atoms with van der Waals surface area (Å²) in [4.78, 5) is 11.5. The molecule has 0 radical (unpaired) electrons. The van der Waals surface area contributed by atoms with Crippen LogP contribution in [-0.2, 0) is 23.9 Å². The fourth-order valence-electron chi connectivity index (χ4n) is 2.51. The molecule has 0 bridgehead atoms. The summed E-state index contributed by atoms with van der Waals surface area (Å²) in [5.41, 5.74) is 0.904. The number of halogens is 3. The van der Waals surface area contributed by atoms with Crippen molar-refractivity contribution in [2.24, 2.45) is 0 Å². The number of hydrogen-bond donors (Lipinski definition) is 1. The minimum atomic E-state index is -4.62. The normalized spacial score (nSPS) is 11.2. The summed E-state index contributed by atoms with van der Waals surface area (Å²) in [5.74, 6) is 0.573. The van der Waals surface area contributed by atoms with Gasteiger partial charge in [0.2, 0.25) is 0 Å². The Morgan fingerprint density at radius 3 is 2.50 bits per heavy atom. The number of benzene rings is 2. The highest BCUT2D eigenvalue weighted by atomic mass is 19.4. The second-order valence-electron chi connectivity index (χ2n) is 5.70. The summed E-state index contributed by atoms with van der Waals surface area (Å²) in [6.07, 6.45) is -4.72. The lowest BCUT2D eigenvalue weighted by Gasteiger charge is -2.18. The van der Waals surface area contributed by atoms with Gasteiger partial charge < -0.3 is 9.47 Å². The molecule has 0 aromatic heterocycles. The number of hydrogen-bond acceptors (Lipinski definition) is 3. The molecule has 0 saturated heterocycles. The van der Waals surface area contributed by atoms with Gasteiger partial charge in [0.15, 0.2) is 0 Å². The average molecular weight is 367 g/mol. The summed E-state index contributed by atoms with van der Waals surface area (Å²) in [5, 5.41) is 2.14. The van der Waals surface area contributed by atoms with Gasteiger partial charge in [-0.1, -0.05) is 31.2 Å². The van der Waals surface area contributed by atoms with Crippen molar-refractivity contribution in [3.8, 4) is 5.75 Å². The molecule has 26 heavy (non-hydrogen) atoms. The molecule has 0 aliphatic carbocycles. The Kier molecular flexibility index (Phi) is 6.13. The van der Waals surface area contributed by atoms with Crippen molar-refractivity contribution in [3.63, 3.8) is 0 Å². The van der Waals surface area contributed by atoms with Crippen LogP contribution < -0.4 is 10.1 Å². The molecular formula is C19H20F3NO3. The summed E-state index contributed by atoms with van der Waals surface area (Å²) in [6.45, 7) is 3.77. The molecule has 0 aliphatic rings. The fourth-order valence-corrected chi connectivity index (χ4v) is 2.51. The number of methoxy groups -OCH3 is 1. The highest BCUT2D eigenvalue weighted by Gasteiger charge is 2.35. The summed E-state index contributed by atoms with van der Waals surface area (Å²) < 4.78 is 49.9. The van der Waals surface area contributed by atoms with Crippen molar-refractivity contribution >= 4 is 11.8 Å². The number of rotatable bonds is 5. The monoisotopic (exact) mass is 367 g/mol. The van der Waals surface area contributed by atoms with Crippen LogP contribution in [0.3, 0.4) is 0 Å². The highest BCUT2D eigenvalue weighted by Crippen LogP contribution is 2.37. The number of carbonyl (C=O) groups is 1. The number of aryl methyl sites for hydroxylation is 2. The molecule has 0 saturated carbocycles. The van der Waals surface area contributed by atoms with Gasteiger partial charge in [-0.25, -0.2) is 4.79 Å². The number of amides is 1. The van der Waals surface area contributed by atoms with Crippen LogP contribution in [0.5, 0.6) is 5.75 Å². The van der Waals surface area contributed by atoms with Crippen molar-refractivity contribution in [1.29, 1.82) is 0 Å². The lowest BCUT2D eigenvalue weighted by atomic mass is 10.1. The first-order valence-corrected chi connectivity index (χ1v) is 8.02. The topological polar surface area (TPSA) is 47.6 Å². The number of carbonyl (C=O) groups excluding carboxylic acids is 1. The lowest BCUT2D eigenvalue weighted by Crippen LogP contribution is -2.18. The Bertz CT molecular complexity index is 788. The highest BCUT2D eigenvalue weighted by molar-refractivity contribution is 5.87. The number of ether oxygens (including phenoxy) is 2. The molecular weight excluding hydrogens is 347 g/mol. The van der Waals surface area contributed by atoms with E-state index in [9.17, 15) is 18.0 Å². The van der Waals surface area contributed by atoms with E-state index in [4.69, 9.17) is 4.74 Å². The second-order valence-corrected chi connectivity index (χ2v) is 5.70. The molecule has 0 heterocycles. The minimum absolute atomic E-state index is 0.129. The summed E-state index contributed by atoms with van der Waals surface area (Å²) in [6, 6.07) is 9.30. The van der Waals surface area contributed by atoms with Crippen LogP contribution in [0.2, 0.25) is 0 Å². The van der Waals surface area contributed by atoms with Crippen LogP contribution in [0.4, 0.5) is 23.7 Å². The molecule has 0 spiro atoms. The lowest BCUT2D eigenvalue weighted by molar-refractivity contribution is -0.137. The third kappa shape index (κ3) is 4.68. The third-order valence-corrected chi connectivity index (χ3v) is 3.90. The van der Waals surface area contributed by atoms with E-state index in [1.807, 2.05) is 26.0 Å². The molecule has 140 valence electrons. The maximum Gasteiger partial charge on any atom is 0.418 e. The molecule has 0 aliphatic heterocycles. The van der Waals surface area contributed by atoms with Crippen LogP contribution in [-0.4, -0.2) is 13.2 Å². The molecule has 0 fully saturated rings. The van der Waals surface area contributed by atoms with Gasteiger partial charge >= 0.3 is 12.3 Å². The molecule has 2 aromatic rings. The molecule has 1 N–H and O–H groups in total. The Morgan fingerprint density at radius 1 is 1.19 bits per heavy atom. The van der Waals surface area contributed by atoms with Crippen LogP contribution in [0.15, 0.2) is 36.4 Å². The van der Waals surface area contributed by atoms with E-state index >= 15 is 0 Å². The predicted octanol–water partition coefficient (Wildman–Crippen LogP) is 5.33. The molecule has 4 nitrogen and oxygen atoms in total. The zero-order valence-electron chi connectivity index (χ0n) is 14.7. The number of anilines is 1. The van der Waals surface area contributed by atoms with Crippen molar-refractivity contribution in [3.05, 3.63) is 58.7 Å². The first-order chi connectivity index (χ1) is 12.3. The number of alkyl halides is 3. The third-order valence-electron chi connectivity index (χ3n) is 3.90. The zero-order chi connectivity index (χ0) is 19.3. The Morgan fingerprint density at radius 2 is 1.92 bits per heavy atom. The SMILES string of the molecule is CCc1ccc(OCc2cccc(C(F)(F)F)c2NC(=O)OC)c(C)c1. The second kappa shape index (κ2) is 8.12. The van der Waals surface area contributed by atoms with Gasteiger partial charge in [0.1, 0.15) is 12.4 Å². The van der Waals surface area contributed by atoms with E-state index in [0.717, 1.165) is 30.7 Å². The standard InChI is InChI=1S/C19H20F3NO3/c1-4-13-8-9-16(12(2)10-13)26-11-14-6-5-7-15(19(20,21)22)17(14)23-18(24)25-3/h5-10H,4,11H2,1-3H3,(H,23,24). The molecule has 2 aromatic carbocycles. The van der Waals surface area contributed by atoms with E-state index in [1.54, 1.807) is 6.07 Å². The van der Waals surface area contributed by atoms with Crippen LogP contribution in [0.25, 0.3) is 0 Å². The molecule has 0 atom stereocenters. The maximum atomic E-state index is 13.3. The average Bonchev–Trinajstić information content (AvgIpc) is 2.60. The molecule has 0 unspecified atom stereocenters. The van der Waals surface area contributed by atoms with Crippen molar-refractivity contribution in [1.82, 2.24) is 0 Å². The van der Waals surface area contributed by atoms with Crippen LogP contribution >= 0.6 is 0 Å². The van der Waals surface area contributed by atoms with Gasteiger partial charge in [-0.05, 0) is 36.6 Å². The van der Waals surface area contributed by atoms with Crippen LogP contribution in [0, 0.1) is 6.92 Å². The van der Waals surface area contributed by atoms with Crippen molar-refractivity contribution in [2.45, 2.75) is 33.1 Å². The maximum absolute atomic E-state index is 13.3. The summed E-state index contributed by atoms with van der Waals surface area (Å²) >= 11 is 0.